The van der Waals surface area contributed by atoms with Gasteiger partial charge in [-0.1, -0.05) is 72.3 Å². The predicted molar refractivity (Wildman–Crippen MR) is 137 cm³/mol. The number of carbonyl (C=O) groups excluding carboxylic acids is 1. The molecule has 0 saturated carbocycles. The van der Waals surface area contributed by atoms with E-state index in [0.717, 1.165) is 16.8 Å². The van der Waals surface area contributed by atoms with Crippen LogP contribution in [0.2, 0.25) is 5.15 Å². The van der Waals surface area contributed by atoms with Crippen LogP contribution in [0.5, 0.6) is 0 Å². The van der Waals surface area contributed by atoms with Gasteiger partial charge in [-0.05, 0) is 42.0 Å². The molecule has 36 heavy (non-hydrogen) atoms. The smallest absolute Gasteiger partial charge is 0.267 e. The zero-order chi connectivity index (χ0) is 24.9. The molecule has 3 aromatic carbocycles. The molecule has 0 unspecified atom stereocenters. The van der Waals surface area contributed by atoms with Crippen LogP contribution in [0, 0.1) is 6.92 Å². The van der Waals surface area contributed by atoms with E-state index < -0.39 is 0 Å². The number of carbonyl (C=O) groups is 1. The van der Waals surface area contributed by atoms with E-state index in [9.17, 15) is 4.79 Å². The topological polar surface area (TPSA) is 103 Å². The van der Waals surface area contributed by atoms with Gasteiger partial charge in [-0.2, -0.15) is 15.0 Å². The molecule has 0 aliphatic carbocycles. The van der Waals surface area contributed by atoms with Crippen molar-refractivity contribution in [1.29, 1.82) is 0 Å². The molecule has 2 heterocycles. The third-order valence-corrected chi connectivity index (χ3v) is 5.80. The fourth-order valence-corrected chi connectivity index (χ4v) is 3.88. The number of nitrogens with one attached hydrogen (secondary N) is 1. The van der Waals surface area contributed by atoms with Gasteiger partial charge in [0.2, 0.25) is 5.82 Å². The molecule has 9 nitrogen and oxygen atoms in total. The highest BCUT2D eigenvalue weighted by Gasteiger charge is 2.13. The summed E-state index contributed by atoms with van der Waals surface area (Å²) in [5.74, 6) is 0.224. The zero-order valence-electron chi connectivity index (χ0n) is 19.3. The summed E-state index contributed by atoms with van der Waals surface area (Å²) in [6.07, 6.45) is 1.50. The number of halogens is 1. The Labute approximate surface area is 212 Å². The molecule has 178 valence electrons. The summed E-state index contributed by atoms with van der Waals surface area (Å²) in [7, 11) is 0. The number of amides is 1. The fourth-order valence-electron chi connectivity index (χ4n) is 3.56. The molecule has 1 N–H and O–H groups in total. The minimum absolute atomic E-state index is 0.340. The van der Waals surface area contributed by atoms with Crippen molar-refractivity contribution in [2.24, 2.45) is 5.10 Å². The fraction of sp³-hybridized carbons (Fsp3) is 0.0769. The number of hydrogen-bond acceptors (Lipinski definition) is 6. The van der Waals surface area contributed by atoms with Gasteiger partial charge in [0.05, 0.1) is 29.7 Å². The summed E-state index contributed by atoms with van der Waals surface area (Å²) in [4.78, 5) is 14.1. The lowest BCUT2D eigenvalue weighted by Gasteiger charge is -2.03. The quantitative estimate of drug-likeness (QED) is 0.267. The number of aryl methyl sites for hydroxylation is 1. The van der Waals surface area contributed by atoms with Crippen molar-refractivity contribution in [3.63, 3.8) is 0 Å². The second-order valence-corrected chi connectivity index (χ2v) is 8.30. The van der Waals surface area contributed by atoms with Crippen LogP contribution in [-0.2, 0) is 6.54 Å². The first-order chi connectivity index (χ1) is 17.6. The minimum Gasteiger partial charge on any atom is -0.267 e. The van der Waals surface area contributed by atoms with Crippen LogP contribution < -0.4 is 5.43 Å². The summed E-state index contributed by atoms with van der Waals surface area (Å²) in [5, 5.41) is 21.6. The average Bonchev–Trinajstić information content (AvgIpc) is 3.50. The second-order valence-electron chi connectivity index (χ2n) is 7.94. The van der Waals surface area contributed by atoms with Crippen molar-refractivity contribution < 1.29 is 4.79 Å². The van der Waals surface area contributed by atoms with Crippen LogP contribution >= 0.6 is 11.6 Å². The number of hydrogen-bond donors (Lipinski definition) is 1. The molecule has 0 bridgehead atoms. The average molecular weight is 497 g/mol. The van der Waals surface area contributed by atoms with Crippen molar-refractivity contribution >= 4 is 23.7 Å². The monoisotopic (exact) mass is 496 g/mol. The summed E-state index contributed by atoms with van der Waals surface area (Å²) in [6.45, 7) is 2.27. The van der Waals surface area contributed by atoms with Crippen molar-refractivity contribution in [3.8, 4) is 17.1 Å². The Morgan fingerprint density at radius 2 is 1.67 bits per heavy atom. The third-order valence-electron chi connectivity index (χ3n) is 5.43. The Morgan fingerprint density at radius 3 is 2.39 bits per heavy atom. The third kappa shape index (κ3) is 5.06. The van der Waals surface area contributed by atoms with Gasteiger partial charge in [0.25, 0.3) is 5.91 Å². The van der Waals surface area contributed by atoms with Crippen molar-refractivity contribution in [2.45, 2.75) is 13.5 Å². The Kier molecular flexibility index (Phi) is 6.63. The Balaban J connectivity index is 1.21. The molecule has 0 radical (unpaired) electrons. The second kappa shape index (κ2) is 10.3. The summed E-state index contributed by atoms with van der Waals surface area (Å²) in [5.41, 5.74) is 7.01. The first-order valence-corrected chi connectivity index (χ1v) is 11.5. The number of aromatic nitrogens is 6. The molecule has 5 aromatic rings. The van der Waals surface area contributed by atoms with Crippen molar-refractivity contribution in [1.82, 2.24) is 35.4 Å². The van der Waals surface area contributed by atoms with E-state index in [2.05, 4.69) is 31.0 Å². The van der Waals surface area contributed by atoms with Crippen LogP contribution in [0.1, 0.15) is 27.2 Å². The Bertz CT molecular complexity index is 1510. The molecule has 10 heteroatoms. The van der Waals surface area contributed by atoms with E-state index in [4.69, 9.17) is 11.6 Å². The first kappa shape index (κ1) is 23.1. The number of rotatable bonds is 7. The molecule has 0 aliphatic heterocycles. The molecule has 0 spiro atoms. The number of tetrazole rings is 1. The molecule has 1 amide bonds. The zero-order valence-corrected chi connectivity index (χ0v) is 20.0. The number of hydrazone groups is 1. The Morgan fingerprint density at radius 1 is 0.972 bits per heavy atom. The van der Waals surface area contributed by atoms with Gasteiger partial charge in [-0.25, -0.2) is 10.1 Å². The summed E-state index contributed by atoms with van der Waals surface area (Å²) >= 11 is 6.50. The predicted octanol–water partition coefficient (Wildman–Crippen LogP) is 4.30. The summed E-state index contributed by atoms with van der Waals surface area (Å²) < 4.78 is 1.63. The largest absolute Gasteiger partial charge is 0.271 e. The van der Waals surface area contributed by atoms with Gasteiger partial charge in [-0.15, -0.1) is 10.2 Å². The molecule has 0 atom stereocenters. The molecule has 0 saturated heterocycles. The normalized spacial score (nSPS) is 11.2. The molecule has 5 rings (SSSR count). The van der Waals surface area contributed by atoms with Gasteiger partial charge in [0, 0.05) is 11.1 Å². The highest BCUT2D eigenvalue weighted by Crippen LogP contribution is 2.22. The van der Waals surface area contributed by atoms with E-state index in [0.29, 0.717) is 34.3 Å². The van der Waals surface area contributed by atoms with Gasteiger partial charge < -0.3 is 0 Å². The number of para-hydroxylation sites is 1. The van der Waals surface area contributed by atoms with Crippen LogP contribution in [0.4, 0.5) is 0 Å². The van der Waals surface area contributed by atoms with Crippen LogP contribution in [0.15, 0.2) is 90.0 Å². The van der Waals surface area contributed by atoms with Crippen LogP contribution in [-0.4, -0.2) is 42.1 Å². The van der Waals surface area contributed by atoms with E-state index in [1.807, 2.05) is 79.7 Å². The maximum Gasteiger partial charge on any atom is 0.271 e. The highest BCUT2D eigenvalue weighted by molar-refractivity contribution is 6.32. The lowest BCUT2D eigenvalue weighted by molar-refractivity contribution is 0.0955. The van der Waals surface area contributed by atoms with E-state index >= 15 is 0 Å². The van der Waals surface area contributed by atoms with Crippen LogP contribution in [0.25, 0.3) is 17.1 Å². The SMILES string of the molecule is Cc1nn(-c2ccccc2)c(Cl)c1/C=N\NC(=O)c1ccc(Cn2nnc(-c3ccccc3)n2)cc1. The number of nitrogens with zero attached hydrogens (tertiary/aromatic N) is 7. The van der Waals surface area contributed by atoms with Crippen molar-refractivity contribution in [2.75, 3.05) is 0 Å². The van der Waals surface area contributed by atoms with Crippen LogP contribution in [0.3, 0.4) is 0 Å². The molecular weight excluding hydrogens is 476 g/mol. The molecular formula is C26H21ClN8O. The lowest BCUT2D eigenvalue weighted by atomic mass is 10.1. The first-order valence-electron chi connectivity index (χ1n) is 11.1. The summed E-state index contributed by atoms with van der Waals surface area (Å²) in [6, 6.07) is 26.3. The number of benzene rings is 3. The van der Waals surface area contributed by atoms with E-state index in [1.165, 1.54) is 11.0 Å². The molecule has 0 fully saturated rings. The van der Waals surface area contributed by atoms with E-state index in [1.54, 1.807) is 16.8 Å². The lowest BCUT2D eigenvalue weighted by Crippen LogP contribution is -2.17. The van der Waals surface area contributed by atoms with Gasteiger partial charge in [0.15, 0.2) is 0 Å². The highest BCUT2D eigenvalue weighted by atomic mass is 35.5. The van der Waals surface area contributed by atoms with Crippen molar-refractivity contribution in [3.05, 3.63) is 112 Å². The Hall–Kier alpha value is -4.63. The van der Waals surface area contributed by atoms with Gasteiger partial charge in [-0.3, -0.25) is 4.79 Å². The van der Waals surface area contributed by atoms with E-state index in [-0.39, 0.29) is 5.91 Å². The maximum absolute atomic E-state index is 12.5. The molecule has 0 aliphatic rings. The minimum atomic E-state index is -0.340. The standard InChI is InChI=1S/C26H21ClN8O/c1-18-23(24(27)35(31-18)22-10-6-3-7-11-22)16-28-30-26(36)21-14-12-19(13-15-21)17-34-32-25(29-33-34)20-8-4-2-5-9-20/h2-16H,17H2,1H3,(H,30,36)/b28-16-. The van der Waals surface area contributed by atoms with Gasteiger partial charge in [0.1, 0.15) is 5.15 Å². The maximum atomic E-state index is 12.5. The van der Waals surface area contributed by atoms with Gasteiger partial charge >= 0.3 is 0 Å². The molecule has 2 aromatic heterocycles.